The Morgan fingerprint density at radius 2 is 1.79 bits per heavy atom. The number of nitrogens with one attached hydrogen (secondary N) is 1. The van der Waals surface area contributed by atoms with Crippen LogP contribution in [0.5, 0.6) is 5.75 Å². The van der Waals surface area contributed by atoms with Crippen LogP contribution in [0.4, 0.5) is 16.2 Å². The largest absolute Gasteiger partial charge is 0.494 e. The summed E-state index contributed by atoms with van der Waals surface area (Å²) >= 11 is 0. The summed E-state index contributed by atoms with van der Waals surface area (Å²) in [5.74, 6) is -1.36. The fourth-order valence-corrected chi connectivity index (χ4v) is 3.44. The van der Waals surface area contributed by atoms with E-state index >= 15 is 0 Å². The van der Waals surface area contributed by atoms with Gasteiger partial charge < -0.3 is 9.30 Å². The molecule has 0 atom stereocenters. The van der Waals surface area contributed by atoms with Crippen molar-refractivity contribution in [1.82, 2.24) is 9.88 Å². The van der Waals surface area contributed by atoms with E-state index in [1.165, 1.54) is 31.4 Å². The van der Waals surface area contributed by atoms with E-state index in [9.17, 15) is 24.5 Å². The first-order chi connectivity index (χ1) is 15.8. The third-order valence-electron chi connectivity index (χ3n) is 5.10. The molecular formula is C23H18N4O6. The lowest BCUT2D eigenvalue weighted by molar-refractivity contribution is -0.384. The lowest BCUT2D eigenvalue weighted by atomic mass is 10.1. The molecule has 3 aromatic rings. The van der Waals surface area contributed by atoms with E-state index < -0.39 is 22.8 Å². The van der Waals surface area contributed by atoms with Crippen LogP contribution in [0.15, 0.2) is 66.4 Å². The van der Waals surface area contributed by atoms with Crippen molar-refractivity contribution in [1.29, 1.82) is 0 Å². The molecule has 33 heavy (non-hydrogen) atoms. The molecule has 1 aliphatic rings. The van der Waals surface area contributed by atoms with E-state index in [-0.39, 0.29) is 17.0 Å². The number of imide groups is 2. The third kappa shape index (κ3) is 3.97. The smallest absolute Gasteiger partial charge is 0.335 e. The minimum Gasteiger partial charge on any atom is -0.494 e. The molecule has 1 N–H and O–H groups in total. The maximum Gasteiger partial charge on any atom is 0.335 e. The molecule has 1 aliphatic heterocycles. The number of nitro groups is 1. The number of non-ortho nitro benzene ring substituents is 1. The molecular weight excluding hydrogens is 428 g/mol. The molecule has 2 heterocycles. The Balaban J connectivity index is 1.76. The van der Waals surface area contributed by atoms with Crippen LogP contribution in [0.3, 0.4) is 0 Å². The lowest BCUT2D eigenvalue weighted by Crippen LogP contribution is -2.54. The number of barbiturate groups is 1. The number of aryl methyl sites for hydroxylation is 1. The number of urea groups is 1. The van der Waals surface area contributed by atoms with Gasteiger partial charge in [-0.3, -0.25) is 25.0 Å². The van der Waals surface area contributed by atoms with Crippen LogP contribution < -0.4 is 15.0 Å². The van der Waals surface area contributed by atoms with E-state index in [1.807, 2.05) is 6.92 Å². The van der Waals surface area contributed by atoms with Gasteiger partial charge >= 0.3 is 6.03 Å². The van der Waals surface area contributed by atoms with Crippen molar-refractivity contribution in [2.24, 2.45) is 0 Å². The lowest BCUT2D eigenvalue weighted by Gasteiger charge is -2.26. The van der Waals surface area contributed by atoms with Crippen LogP contribution in [0.1, 0.15) is 11.3 Å². The fourth-order valence-electron chi connectivity index (χ4n) is 3.44. The number of amides is 4. The van der Waals surface area contributed by atoms with Gasteiger partial charge in [-0.05, 0) is 43.3 Å². The van der Waals surface area contributed by atoms with Crippen molar-refractivity contribution in [3.05, 3.63) is 87.7 Å². The van der Waals surface area contributed by atoms with Crippen LogP contribution >= 0.6 is 0 Å². The Labute approximate surface area is 187 Å². The number of hydrogen-bond acceptors (Lipinski definition) is 6. The highest BCUT2D eigenvalue weighted by molar-refractivity contribution is 6.39. The Hall–Kier alpha value is -4.73. The summed E-state index contributed by atoms with van der Waals surface area (Å²) < 4.78 is 6.91. The van der Waals surface area contributed by atoms with E-state index in [1.54, 1.807) is 47.2 Å². The van der Waals surface area contributed by atoms with Crippen LogP contribution in [0.25, 0.3) is 11.8 Å². The summed E-state index contributed by atoms with van der Waals surface area (Å²) in [6.45, 7) is 1.87. The molecule has 1 fully saturated rings. The van der Waals surface area contributed by atoms with Crippen LogP contribution in [0, 0.1) is 17.0 Å². The van der Waals surface area contributed by atoms with Gasteiger partial charge in [0, 0.05) is 18.0 Å². The molecule has 0 aliphatic carbocycles. The Morgan fingerprint density at radius 1 is 1.06 bits per heavy atom. The second-order valence-corrected chi connectivity index (χ2v) is 7.21. The zero-order chi connectivity index (χ0) is 23.7. The quantitative estimate of drug-likeness (QED) is 0.277. The number of ether oxygens (including phenoxy) is 1. The summed E-state index contributed by atoms with van der Waals surface area (Å²) in [7, 11) is 1.38. The molecule has 2 aromatic carbocycles. The van der Waals surface area contributed by atoms with Crippen molar-refractivity contribution in [2.45, 2.75) is 6.92 Å². The van der Waals surface area contributed by atoms with Gasteiger partial charge in [-0.2, -0.15) is 0 Å². The summed E-state index contributed by atoms with van der Waals surface area (Å²) in [5, 5.41) is 13.3. The first kappa shape index (κ1) is 21.5. The minimum atomic E-state index is -0.835. The van der Waals surface area contributed by atoms with E-state index in [0.717, 1.165) is 10.5 Å². The van der Waals surface area contributed by atoms with Gasteiger partial charge in [-0.25, -0.2) is 9.69 Å². The molecule has 1 aromatic heterocycles. The number of rotatable bonds is 5. The molecule has 10 heteroatoms. The van der Waals surface area contributed by atoms with Crippen LogP contribution in [-0.2, 0) is 9.59 Å². The predicted molar refractivity (Wildman–Crippen MR) is 119 cm³/mol. The third-order valence-corrected chi connectivity index (χ3v) is 5.10. The van der Waals surface area contributed by atoms with Crippen molar-refractivity contribution in [3.63, 3.8) is 0 Å². The number of nitro benzene ring substituents is 1. The van der Waals surface area contributed by atoms with Crippen molar-refractivity contribution in [2.75, 3.05) is 12.0 Å². The molecule has 4 amide bonds. The molecule has 4 rings (SSSR count). The standard InChI is InChI=1S/C23H18N4O6/c1-14-5-7-15(8-6-14)26-22(29)18(21(28)24-23(26)30)12-16-4-3-11-25(16)19-10-9-17(27(31)32)13-20(19)33-2/h3-13H,1-2H3,(H,24,28,30)/b18-12-. The van der Waals surface area contributed by atoms with Crippen molar-refractivity contribution in [3.8, 4) is 11.4 Å². The maximum absolute atomic E-state index is 13.1. The minimum absolute atomic E-state index is 0.142. The number of hydrogen-bond donors (Lipinski definition) is 1. The Bertz CT molecular complexity index is 1320. The maximum atomic E-state index is 13.1. The highest BCUT2D eigenvalue weighted by Gasteiger charge is 2.37. The summed E-state index contributed by atoms with van der Waals surface area (Å²) in [6, 6.07) is 13.3. The summed E-state index contributed by atoms with van der Waals surface area (Å²) in [4.78, 5) is 49.4. The SMILES string of the molecule is COc1cc([N+](=O)[O-])ccc1-n1cccc1/C=C1/C(=O)NC(=O)N(c2ccc(C)cc2)C1=O. The number of carbonyl (C=O) groups excluding carboxylic acids is 3. The number of benzene rings is 2. The van der Waals surface area contributed by atoms with Gasteiger partial charge in [0.1, 0.15) is 11.3 Å². The van der Waals surface area contributed by atoms with E-state index in [0.29, 0.717) is 17.1 Å². The zero-order valence-electron chi connectivity index (χ0n) is 17.6. The van der Waals surface area contributed by atoms with E-state index in [2.05, 4.69) is 5.32 Å². The number of carbonyl (C=O) groups is 3. The first-order valence-corrected chi connectivity index (χ1v) is 9.78. The number of methoxy groups -OCH3 is 1. The zero-order valence-corrected chi connectivity index (χ0v) is 17.6. The number of anilines is 1. The van der Waals surface area contributed by atoms with Gasteiger partial charge in [0.15, 0.2) is 0 Å². The van der Waals surface area contributed by atoms with Gasteiger partial charge in [0.25, 0.3) is 17.5 Å². The second kappa shape index (κ2) is 8.42. The van der Waals surface area contributed by atoms with Gasteiger partial charge in [-0.15, -0.1) is 0 Å². The highest BCUT2D eigenvalue weighted by atomic mass is 16.6. The second-order valence-electron chi connectivity index (χ2n) is 7.21. The highest BCUT2D eigenvalue weighted by Crippen LogP contribution is 2.30. The monoisotopic (exact) mass is 446 g/mol. The molecule has 0 bridgehead atoms. The number of aromatic nitrogens is 1. The van der Waals surface area contributed by atoms with Gasteiger partial charge in [0.05, 0.1) is 29.5 Å². The molecule has 166 valence electrons. The van der Waals surface area contributed by atoms with E-state index in [4.69, 9.17) is 4.74 Å². The molecule has 10 nitrogen and oxygen atoms in total. The summed E-state index contributed by atoms with van der Waals surface area (Å²) in [6.07, 6.45) is 3.01. The number of nitrogens with zero attached hydrogens (tertiary/aromatic N) is 3. The van der Waals surface area contributed by atoms with Gasteiger partial charge in [0.2, 0.25) is 0 Å². The first-order valence-electron chi connectivity index (χ1n) is 9.78. The molecule has 1 saturated heterocycles. The summed E-state index contributed by atoms with van der Waals surface area (Å²) in [5.41, 5.74) is 1.79. The molecule has 0 spiro atoms. The van der Waals surface area contributed by atoms with Crippen LogP contribution in [0.2, 0.25) is 0 Å². The predicted octanol–water partition coefficient (Wildman–Crippen LogP) is 3.37. The molecule has 0 radical (unpaired) electrons. The normalized spacial score (nSPS) is 15.0. The van der Waals surface area contributed by atoms with Crippen molar-refractivity contribution >= 4 is 35.3 Å². The fraction of sp³-hybridized carbons (Fsp3) is 0.0870. The topological polar surface area (TPSA) is 124 Å². The molecule has 0 unspecified atom stereocenters. The van der Waals surface area contributed by atoms with Crippen LogP contribution in [-0.4, -0.2) is 34.4 Å². The molecule has 0 saturated carbocycles. The Kier molecular flexibility index (Phi) is 5.49. The average Bonchev–Trinajstić information content (AvgIpc) is 3.25. The Morgan fingerprint density at radius 3 is 2.45 bits per heavy atom. The average molecular weight is 446 g/mol. The van der Waals surface area contributed by atoms with Gasteiger partial charge in [-0.1, -0.05) is 17.7 Å². The van der Waals surface area contributed by atoms with Crippen molar-refractivity contribution < 1.29 is 24.0 Å².